The molecule has 1 aromatic heterocycles. The Morgan fingerprint density at radius 3 is 2.79 bits per heavy atom. The second-order valence-electron chi connectivity index (χ2n) is 7.23. The number of non-ortho nitro benzene ring substituents is 1. The first kappa shape index (κ1) is 19.5. The summed E-state index contributed by atoms with van der Waals surface area (Å²) < 4.78 is 6.79. The summed E-state index contributed by atoms with van der Waals surface area (Å²) in [4.78, 5) is 30.4. The standard InChI is InChI=1S/C21H21N3O4S/c1-13-8-9-14(2)19-18(13)22-21(29-19)23(12-17-7-4-10-28-17)20(25)15-5-3-6-16(11-15)24(26)27/h3,5-6,8-9,11,17H,4,7,10,12H2,1-2H3. The van der Waals surface area contributed by atoms with E-state index in [1.54, 1.807) is 11.0 Å². The summed E-state index contributed by atoms with van der Waals surface area (Å²) in [7, 11) is 0. The van der Waals surface area contributed by atoms with Crippen molar-refractivity contribution in [3.8, 4) is 0 Å². The third kappa shape index (κ3) is 3.86. The van der Waals surface area contributed by atoms with Crippen molar-refractivity contribution in [2.75, 3.05) is 18.1 Å². The number of carbonyl (C=O) groups is 1. The number of anilines is 1. The van der Waals surface area contributed by atoms with Crippen molar-refractivity contribution >= 4 is 38.3 Å². The molecule has 0 N–H and O–H groups in total. The highest BCUT2D eigenvalue weighted by Crippen LogP contribution is 2.34. The first-order chi connectivity index (χ1) is 13.9. The van der Waals surface area contributed by atoms with Crippen molar-refractivity contribution in [1.82, 2.24) is 4.98 Å². The van der Waals surface area contributed by atoms with Crippen molar-refractivity contribution < 1.29 is 14.5 Å². The molecule has 8 heteroatoms. The van der Waals surface area contributed by atoms with Gasteiger partial charge in [-0.1, -0.05) is 29.5 Å². The van der Waals surface area contributed by atoms with Gasteiger partial charge in [0.25, 0.3) is 11.6 Å². The van der Waals surface area contributed by atoms with Crippen LogP contribution in [0, 0.1) is 24.0 Å². The van der Waals surface area contributed by atoms with Crippen LogP contribution in [-0.2, 0) is 4.74 Å². The van der Waals surface area contributed by atoms with Gasteiger partial charge in [0, 0.05) is 24.3 Å². The lowest BCUT2D eigenvalue weighted by Gasteiger charge is -2.23. The number of carbonyl (C=O) groups excluding carboxylic acids is 1. The van der Waals surface area contributed by atoms with Gasteiger partial charge in [0.05, 0.1) is 27.8 Å². The van der Waals surface area contributed by atoms with Crippen LogP contribution in [-0.4, -0.2) is 35.1 Å². The van der Waals surface area contributed by atoms with Crippen LogP contribution in [0.1, 0.15) is 34.3 Å². The topological polar surface area (TPSA) is 85.6 Å². The normalized spacial score (nSPS) is 16.3. The number of aryl methyl sites for hydroxylation is 2. The van der Waals surface area contributed by atoms with Crippen LogP contribution in [0.25, 0.3) is 10.2 Å². The Bertz CT molecular complexity index is 1050. The number of fused-ring (bicyclic) bond motifs is 1. The molecule has 1 aliphatic rings. The van der Waals surface area contributed by atoms with Gasteiger partial charge in [-0.3, -0.25) is 19.8 Å². The maximum absolute atomic E-state index is 13.4. The quantitative estimate of drug-likeness (QED) is 0.451. The number of nitro benzene ring substituents is 1. The summed E-state index contributed by atoms with van der Waals surface area (Å²) in [6, 6.07) is 9.89. The monoisotopic (exact) mass is 411 g/mol. The third-order valence-corrected chi connectivity index (χ3v) is 6.33. The van der Waals surface area contributed by atoms with Crippen LogP contribution >= 0.6 is 11.3 Å². The molecular weight excluding hydrogens is 390 g/mol. The molecule has 2 heterocycles. The fourth-order valence-electron chi connectivity index (χ4n) is 3.51. The highest BCUT2D eigenvalue weighted by Gasteiger charge is 2.28. The molecule has 4 rings (SSSR count). The molecule has 3 aromatic rings. The predicted octanol–water partition coefficient (Wildman–Crippen LogP) is 4.65. The Hall–Kier alpha value is -2.84. The Morgan fingerprint density at radius 1 is 1.31 bits per heavy atom. The van der Waals surface area contributed by atoms with E-state index in [0.29, 0.717) is 18.3 Å². The number of nitrogens with zero attached hydrogens (tertiary/aromatic N) is 3. The lowest BCUT2D eigenvalue weighted by molar-refractivity contribution is -0.384. The highest BCUT2D eigenvalue weighted by molar-refractivity contribution is 7.22. The van der Waals surface area contributed by atoms with Gasteiger partial charge in [-0.25, -0.2) is 4.98 Å². The van der Waals surface area contributed by atoms with Crippen LogP contribution in [0.4, 0.5) is 10.8 Å². The molecule has 29 heavy (non-hydrogen) atoms. The zero-order valence-corrected chi connectivity index (χ0v) is 17.1. The van der Waals surface area contributed by atoms with Gasteiger partial charge in [-0.15, -0.1) is 0 Å². The lowest BCUT2D eigenvalue weighted by Crippen LogP contribution is -2.37. The zero-order chi connectivity index (χ0) is 20.5. The Labute approximate surface area is 172 Å². The van der Waals surface area contributed by atoms with Crippen molar-refractivity contribution in [3.05, 3.63) is 63.2 Å². The molecule has 0 radical (unpaired) electrons. The van der Waals surface area contributed by atoms with Gasteiger partial charge in [-0.05, 0) is 43.9 Å². The van der Waals surface area contributed by atoms with Crippen LogP contribution in [0.5, 0.6) is 0 Å². The van der Waals surface area contributed by atoms with Crippen LogP contribution < -0.4 is 4.90 Å². The van der Waals surface area contributed by atoms with E-state index in [9.17, 15) is 14.9 Å². The molecular formula is C21H21N3O4S. The van der Waals surface area contributed by atoms with E-state index >= 15 is 0 Å². The zero-order valence-electron chi connectivity index (χ0n) is 16.3. The van der Waals surface area contributed by atoms with E-state index in [1.165, 1.54) is 29.5 Å². The van der Waals surface area contributed by atoms with Gasteiger partial charge < -0.3 is 4.74 Å². The summed E-state index contributed by atoms with van der Waals surface area (Å²) >= 11 is 1.47. The van der Waals surface area contributed by atoms with Crippen molar-refractivity contribution in [3.63, 3.8) is 0 Å². The van der Waals surface area contributed by atoms with Crippen molar-refractivity contribution in [1.29, 1.82) is 0 Å². The Balaban J connectivity index is 1.76. The molecule has 0 saturated carbocycles. The molecule has 0 bridgehead atoms. The molecule has 150 valence electrons. The van der Waals surface area contributed by atoms with Gasteiger partial charge in [0.15, 0.2) is 5.13 Å². The summed E-state index contributed by atoms with van der Waals surface area (Å²) in [6.45, 7) is 5.08. The second kappa shape index (κ2) is 7.88. The average Bonchev–Trinajstić information content (AvgIpc) is 3.39. The molecule has 1 aliphatic heterocycles. The van der Waals surface area contributed by atoms with E-state index in [0.717, 1.165) is 34.2 Å². The second-order valence-corrected chi connectivity index (χ2v) is 8.21. The first-order valence-corrected chi connectivity index (χ1v) is 10.3. The summed E-state index contributed by atoms with van der Waals surface area (Å²) in [6.07, 6.45) is 1.77. The SMILES string of the molecule is Cc1ccc(C)c2sc(N(CC3CCCO3)C(=O)c3cccc([N+](=O)[O-])c3)nc12. The fraction of sp³-hybridized carbons (Fsp3) is 0.333. The molecule has 1 unspecified atom stereocenters. The molecule has 0 spiro atoms. The molecule has 1 saturated heterocycles. The van der Waals surface area contributed by atoms with E-state index in [4.69, 9.17) is 9.72 Å². The number of benzene rings is 2. The number of ether oxygens (including phenoxy) is 1. The molecule has 1 fully saturated rings. The average molecular weight is 411 g/mol. The minimum atomic E-state index is -0.494. The Morgan fingerprint density at radius 2 is 2.10 bits per heavy atom. The molecule has 7 nitrogen and oxygen atoms in total. The predicted molar refractivity (Wildman–Crippen MR) is 113 cm³/mol. The van der Waals surface area contributed by atoms with Crippen molar-refractivity contribution in [2.45, 2.75) is 32.8 Å². The molecule has 0 aliphatic carbocycles. The number of thiazole rings is 1. The maximum Gasteiger partial charge on any atom is 0.270 e. The number of aromatic nitrogens is 1. The van der Waals surface area contributed by atoms with Crippen molar-refractivity contribution in [2.24, 2.45) is 0 Å². The van der Waals surface area contributed by atoms with E-state index in [1.807, 2.05) is 26.0 Å². The van der Waals surface area contributed by atoms with Gasteiger partial charge in [0.1, 0.15) is 0 Å². The van der Waals surface area contributed by atoms with Crippen LogP contribution in [0.3, 0.4) is 0 Å². The summed E-state index contributed by atoms with van der Waals surface area (Å²) in [5, 5.41) is 11.7. The maximum atomic E-state index is 13.4. The van der Waals surface area contributed by atoms with E-state index in [2.05, 4.69) is 0 Å². The van der Waals surface area contributed by atoms with Gasteiger partial charge in [0.2, 0.25) is 0 Å². The van der Waals surface area contributed by atoms with Crippen LogP contribution in [0.15, 0.2) is 36.4 Å². The number of amides is 1. The van der Waals surface area contributed by atoms with Gasteiger partial charge in [-0.2, -0.15) is 0 Å². The first-order valence-electron chi connectivity index (χ1n) is 9.48. The largest absolute Gasteiger partial charge is 0.376 e. The van der Waals surface area contributed by atoms with E-state index in [-0.39, 0.29) is 23.3 Å². The highest BCUT2D eigenvalue weighted by atomic mass is 32.1. The fourth-order valence-corrected chi connectivity index (χ4v) is 4.63. The minimum absolute atomic E-state index is 0.0631. The van der Waals surface area contributed by atoms with Gasteiger partial charge >= 0.3 is 0 Å². The molecule has 1 atom stereocenters. The number of nitro groups is 1. The Kier molecular flexibility index (Phi) is 5.29. The summed E-state index contributed by atoms with van der Waals surface area (Å²) in [5.74, 6) is -0.307. The summed E-state index contributed by atoms with van der Waals surface area (Å²) in [5.41, 5.74) is 3.20. The minimum Gasteiger partial charge on any atom is -0.376 e. The third-order valence-electron chi connectivity index (χ3n) is 5.12. The molecule has 1 amide bonds. The number of hydrogen-bond acceptors (Lipinski definition) is 6. The lowest BCUT2D eigenvalue weighted by atomic mass is 10.1. The van der Waals surface area contributed by atoms with E-state index < -0.39 is 4.92 Å². The van der Waals surface area contributed by atoms with Crippen LogP contribution in [0.2, 0.25) is 0 Å². The smallest absolute Gasteiger partial charge is 0.270 e. The molecule has 2 aromatic carbocycles. The number of hydrogen-bond donors (Lipinski definition) is 0. The number of rotatable bonds is 5.